The lowest BCUT2D eigenvalue weighted by molar-refractivity contribution is -0.197. The molecule has 0 radical (unpaired) electrons. The Kier molecular flexibility index (Phi) is 10.0. The lowest BCUT2D eigenvalue weighted by atomic mass is 10.1. The zero-order chi connectivity index (χ0) is 31.3. The van der Waals surface area contributed by atoms with Gasteiger partial charge in [-0.3, -0.25) is 19.4 Å². The van der Waals surface area contributed by atoms with Crippen molar-refractivity contribution >= 4 is 53.0 Å². The standard InChI is InChI=1S/C30H37N4O8P/c1-31-20-9-11-22-24(18-20)41-25-19-21(32(2)3)10-12-23(25)30(22)43(39,40)17-15-26(35)33(4)16-7-5-6-8-29(38)42-34-27(36)13-14-28(34)37/h9-12,18-19H,5-8,13-17H2,1-4H3,(H,39,40)/p-1. The Hall–Kier alpha value is -4.02. The molecule has 43 heavy (non-hydrogen) atoms. The minimum Gasteiger partial charge on any atom is -0.796 e. The number of rotatable bonds is 12. The number of carbonyl (C=O) groups excluding carboxylic acids is 4. The van der Waals surface area contributed by atoms with Crippen molar-refractivity contribution in [3.63, 3.8) is 0 Å². The monoisotopic (exact) mass is 611 g/mol. The van der Waals surface area contributed by atoms with Crippen LogP contribution < -0.4 is 20.5 Å². The maximum atomic E-state index is 13.8. The molecule has 1 atom stereocenters. The predicted octanol–water partition coefficient (Wildman–Crippen LogP) is 2.41. The maximum absolute atomic E-state index is 13.8. The van der Waals surface area contributed by atoms with Crippen molar-refractivity contribution < 1.29 is 37.9 Å². The fraction of sp³-hybridized carbons (Fsp3) is 0.433. The Balaban J connectivity index is 1.37. The summed E-state index contributed by atoms with van der Waals surface area (Å²) in [6, 6.07) is 10.5. The largest absolute Gasteiger partial charge is 0.796 e. The highest BCUT2D eigenvalue weighted by Gasteiger charge is 2.32. The Bertz CT molecular complexity index is 1620. The SMILES string of the molecule is CN=c1ccc2c(P(=O)([O-])CCC(=O)N(C)CCCCCC(=O)ON3C(=O)CCC3=O)c3ccc(N(C)C)cc3oc-2c1. The van der Waals surface area contributed by atoms with Gasteiger partial charge in [0.05, 0.1) is 5.36 Å². The van der Waals surface area contributed by atoms with Crippen molar-refractivity contribution in [1.82, 2.24) is 9.96 Å². The second-order valence-electron chi connectivity index (χ2n) is 10.7. The Morgan fingerprint density at radius 3 is 2.42 bits per heavy atom. The van der Waals surface area contributed by atoms with E-state index in [1.165, 1.54) is 4.90 Å². The Morgan fingerprint density at radius 1 is 1.02 bits per heavy atom. The number of unbranched alkanes of at least 4 members (excludes halogenated alkanes) is 2. The average molecular weight is 612 g/mol. The van der Waals surface area contributed by atoms with Gasteiger partial charge in [-0.2, -0.15) is 0 Å². The molecular weight excluding hydrogens is 575 g/mol. The number of amides is 3. The minimum atomic E-state index is -4.27. The summed E-state index contributed by atoms with van der Waals surface area (Å²) in [6.07, 6.45) is 1.21. The summed E-state index contributed by atoms with van der Waals surface area (Å²) >= 11 is 0. The molecule has 3 amide bonds. The van der Waals surface area contributed by atoms with Gasteiger partial charge < -0.3 is 28.5 Å². The van der Waals surface area contributed by atoms with E-state index in [4.69, 9.17) is 9.25 Å². The summed E-state index contributed by atoms with van der Waals surface area (Å²) in [6.45, 7) is 0.382. The highest BCUT2D eigenvalue weighted by molar-refractivity contribution is 7.65. The van der Waals surface area contributed by atoms with E-state index < -0.39 is 25.2 Å². The first kappa shape index (κ1) is 31.9. The molecule has 0 aromatic heterocycles. The molecule has 1 aromatic rings. The fourth-order valence-corrected chi connectivity index (χ4v) is 6.71. The smallest absolute Gasteiger partial charge is 0.333 e. The van der Waals surface area contributed by atoms with Gasteiger partial charge in [0.1, 0.15) is 11.3 Å². The van der Waals surface area contributed by atoms with Gasteiger partial charge >= 0.3 is 5.97 Å². The molecule has 13 heteroatoms. The van der Waals surface area contributed by atoms with E-state index in [2.05, 4.69) is 4.99 Å². The van der Waals surface area contributed by atoms with Crippen molar-refractivity contribution in [2.75, 3.05) is 45.8 Å². The van der Waals surface area contributed by atoms with Gasteiger partial charge in [0, 0.05) is 108 Å². The molecule has 1 unspecified atom stereocenters. The third-order valence-electron chi connectivity index (χ3n) is 7.39. The van der Waals surface area contributed by atoms with Crippen LogP contribution in [0.25, 0.3) is 22.3 Å². The van der Waals surface area contributed by atoms with Crippen LogP contribution in [0.2, 0.25) is 0 Å². The van der Waals surface area contributed by atoms with E-state index in [0.717, 1.165) is 5.69 Å². The molecule has 4 rings (SSSR count). The number of hydrogen-bond acceptors (Lipinski definition) is 10. The lowest BCUT2D eigenvalue weighted by Gasteiger charge is -2.29. The third-order valence-corrected chi connectivity index (χ3v) is 9.37. The third kappa shape index (κ3) is 7.50. The molecule has 0 saturated carbocycles. The molecule has 1 saturated heterocycles. The van der Waals surface area contributed by atoms with Crippen LogP contribution in [-0.4, -0.2) is 74.6 Å². The van der Waals surface area contributed by atoms with Gasteiger partial charge in [0.25, 0.3) is 11.8 Å². The first-order valence-electron chi connectivity index (χ1n) is 14.1. The van der Waals surface area contributed by atoms with Gasteiger partial charge in [-0.05, 0) is 37.1 Å². The fourth-order valence-electron chi connectivity index (χ4n) is 4.90. The van der Waals surface area contributed by atoms with E-state index in [-0.39, 0.29) is 43.1 Å². The van der Waals surface area contributed by atoms with Gasteiger partial charge in [0.2, 0.25) is 5.91 Å². The second kappa shape index (κ2) is 13.5. The summed E-state index contributed by atoms with van der Waals surface area (Å²) in [7, 11) is 2.75. The molecule has 1 fully saturated rings. The molecular formula is C30H36N4O8P-. The first-order valence-corrected chi connectivity index (χ1v) is 15.9. The number of benzene rings is 2. The van der Waals surface area contributed by atoms with Crippen LogP contribution >= 0.6 is 7.37 Å². The van der Waals surface area contributed by atoms with Crippen LogP contribution in [0.1, 0.15) is 44.9 Å². The number of nitrogens with zero attached hydrogens (tertiary/aromatic N) is 4. The average Bonchev–Trinajstić information content (AvgIpc) is 3.29. The summed E-state index contributed by atoms with van der Waals surface area (Å²) in [5.74, 6) is -1.62. The van der Waals surface area contributed by atoms with Gasteiger partial charge in [-0.1, -0.05) is 6.42 Å². The van der Waals surface area contributed by atoms with E-state index in [0.29, 0.717) is 58.5 Å². The number of hydrogen-bond donors (Lipinski definition) is 0. The lowest BCUT2D eigenvalue weighted by Crippen LogP contribution is -2.32. The van der Waals surface area contributed by atoms with Crippen molar-refractivity contribution in [1.29, 1.82) is 0 Å². The second-order valence-corrected chi connectivity index (χ2v) is 13.0. The topological polar surface area (TPSA) is 153 Å². The van der Waals surface area contributed by atoms with E-state index >= 15 is 0 Å². The van der Waals surface area contributed by atoms with E-state index in [1.54, 1.807) is 44.4 Å². The van der Waals surface area contributed by atoms with Gasteiger partial charge in [0.15, 0.2) is 0 Å². The van der Waals surface area contributed by atoms with E-state index in [1.807, 2.05) is 25.1 Å². The van der Waals surface area contributed by atoms with Crippen molar-refractivity contribution in [2.24, 2.45) is 4.99 Å². The van der Waals surface area contributed by atoms with Crippen molar-refractivity contribution in [3.8, 4) is 11.3 Å². The summed E-state index contributed by atoms with van der Waals surface area (Å²) in [5.41, 5.74) is 1.71. The number of fused-ring (bicyclic) bond motifs is 2. The zero-order valence-corrected chi connectivity index (χ0v) is 25.7. The molecule has 2 aliphatic heterocycles. The predicted molar refractivity (Wildman–Crippen MR) is 159 cm³/mol. The molecule has 0 spiro atoms. The number of hydroxylamine groups is 2. The van der Waals surface area contributed by atoms with Crippen LogP contribution in [0.4, 0.5) is 5.69 Å². The van der Waals surface area contributed by atoms with Crippen LogP contribution in [-0.2, 0) is 28.6 Å². The highest BCUT2D eigenvalue weighted by Crippen LogP contribution is 2.43. The molecule has 2 heterocycles. The summed E-state index contributed by atoms with van der Waals surface area (Å²) in [5, 5.41) is 1.78. The normalized spacial score (nSPS) is 15.3. The van der Waals surface area contributed by atoms with Crippen LogP contribution in [0, 0.1) is 0 Å². The van der Waals surface area contributed by atoms with Crippen LogP contribution in [0.3, 0.4) is 0 Å². The van der Waals surface area contributed by atoms with Crippen molar-refractivity contribution in [3.05, 3.63) is 41.8 Å². The van der Waals surface area contributed by atoms with Crippen molar-refractivity contribution in [2.45, 2.75) is 44.9 Å². The molecule has 0 N–H and O–H groups in total. The summed E-state index contributed by atoms with van der Waals surface area (Å²) in [4.78, 5) is 74.1. The molecule has 1 aliphatic carbocycles. The zero-order valence-electron chi connectivity index (χ0n) is 24.8. The summed E-state index contributed by atoms with van der Waals surface area (Å²) < 4.78 is 19.9. The van der Waals surface area contributed by atoms with Gasteiger partial charge in [-0.15, -0.1) is 5.06 Å². The first-order chi connectivity index (χ1) is 20.4. The molecule has 1 aromatic carbocycles. The molecule has 12 nitrogen and oxygen atoms in total. The Labute approximate surface area is 249 Å². The molecule has 3 aliphatic rings. The molecule has 0 bridgehead atoms. The number of carbonyl (C=O) groups is 4. The quantitative estimate of drug-likeness (QED) is 0.130. The van der Waals surface area contributed by atoms with E-state index in [9.17, 15) is 28.6 Å². The maximum Gasteiger partial charge on any atom is 0.333 e. The van der Waals surface area contributed by atoms with Crippen LogP contribution in [0.15, 0.2) is 45.8 Å². The minimum absolute atomic E-state index is 0.0310. The number of imide groups is 1. The number of anilines is 1. The highest BCUT2D eigenvalue weighted by atomic mass is 31.2. The van der Waals surface area contributed by atoms with Crippen LogP contribution in [0.5, 0.6) is 0 Å². The Morgan fingerprint density at radius 2 is 1.74 bits per heavy atom. The van der Waals surface area contributed by atoms with Gasteiger partial charge in [-0.25, -0.2) is 4.79 Å². The molecule has 230 valence electrons.